The number of methoxy groups -OCH3 is 1. The Hall–Kier alpha value is -4.04. The fourth-order valence-electron chi connectivity index (χ4n) is 3.18. The van der Waals surface area contributed by atoms with Crippen molar-refractivity contribution in [1.29, 1.82) is 0 Å². The van der Waals surface area contributed by atoms with E-state index in [0.717, 1.165) is 4.68 Å². The van der Waals surface area contributed by atoms with Gasteiger partial charge < -0.3 is 4.74 Å². The first-order chi connectivity index (χ1) is 15.0. The summed E-state index contributed by atoms with van der Waals surface area (Å²) >= 11 is 6.04. The molecule has 0 radical (unpaired) electrons. The Kier molecular flexibility index (Phi) is 5.46. The molecule has 154 valence electrons. The molecule has 4 rings (SSSR count). The molecule has 0 aliphatic heterocycles. The second kappa shape index (κ2) is 8.37. The Labute approximate surface area is 181 Å². The van der Waals surface area contributed by atoms with Crippen LogP contribution in [0.1, 0.15) is 5.56 Å². The number of hydrogen-bond donors (Lipinski definition) is 0. The van der Waals surface area contributed by atoms with Gasteiger partial charge in [0.2, 0.25) is 5.75 Å². The van der Waals surface area contributed by atoms with Gasteiger partial charge >= 0.3 is 5.69 Å². The summed E-state index contributed by atoms with van der Waals surface area (Å²) in [5.74, 6) is 0.317. The molecule has 0 bridgehead atoms. The molecule has 0 atom stereocenters. The fraction of sp³-hybridized carbons (Fsp3) is 0.0455. The number of halogens is 1. The van der Waals surface area contributed by atoms with Gasteiger partial charge in [-0.3, -0.25) is 14.9 Å². The molecule has 9 heteroatoms. The molecule has 0 aliphatic rings. The number of benzene rings is 3. The van der Waals surface area contributed by atoms with Crippen molar-refractivity contribution in [1.82, 2.24) is 9.66 Å². The Balaban J connectivity index is 1.95. The van der Waals surface area contributed by atoms with Crippen LogP contribution in [0.15, 0.2) is 76.6 Å². The van der Waals surface area contributed by atoms with Crippen LogP contribution in [0.3, 0.4) is 0 Å². The molecule has 0 N–H and O–H groups in total. The Bertz CT molecular complexity index is 1380. The van der Waals surface area contributed by atoms with Gasteiger partial charge in [-0.1, -0.05) is 54.1 Å². The van der Waals surface area contributed by atoms with Crippen molar-refractivity contribution in [3.05, 3.63) is 97.8 Å². The van der Waals surface area contributed by atoms with Gasteiger partial charge in [0.25, 0.3) is 5.56 Å². The van der Waals surface area contributed by atoms with Crippen LogP contribution in [0.2, 0.25) is 5.02 Å². The minimum atomic E-state index is -0.596. The normalized spacial score (nSPS) is 11.2. The van der Waals surface area contributed by atoms with Gasteiger partial charge in [-0.05, 0) is 18.2 Å². The smallest absolute Gasteiger partial charge is 0.313 e. The van der Waals surface area contributed by atoms with Gasteiger partial charge in [-0.15, -0.1) is 0 Å². The zero-order chi connectivity index (χ0) is 22.0. The van der Waals surface area contributed by atoms with E-state index in [4.69, 9.17) is 16.3 Å². The number of nitro benzene ring substituents is 1. The topological polar surface area (TPSA) is 99.6 Å². The van der Waals surface area contributed by atoms with Crippen LogP contribution in [0, 0.1) is 10.1 Å². The molecule has 3 aromatic carbocycles. The van der Waals surface area contributed by atoms with Crippen LogP contribution in [-0.4, -0.2) is 27.9 Å². The second-order valence-corrected chi connectivity index (χ2v) is 6.92. The van der Waals surface area contributed by atoms with Crippen molar-refractivity contribution in [2.24, 2.45) is 5.10 Å². The molecule has 1 aromatic heterocycles. The van der Waals surface area contributed by atoms with E-state index in [1.807, 2.05) is 30.3 Å². The van der Waals surface area contributed by atoms with Crippen molar-refractivity contribution in [2.75, 3.05) is 7.11 Å². The molecule has 0 unspecified atom stereocenters. The highest BCUT2D eigenvalue weighted by atomic mass is 35.5. The summed E-state index contributed by atoms with van der Waals surface area (Å²) in [4.78, 5) is 28.6. The van der Waals surface area contributed by atoms with Crippen LogP contribution in [0.5, 0.6) is 5.75 Å². The summed E-state index contributed by atoms with van der Waals surface area (Å²) in [5, 5.41) is 16.2. The van der Waals surface area contributed by atoms with Crippen molar-refractivity contribution in [3.8, 4) is 17.1 Å². The predicted octanol–water partition coefficient (Wildman–Crippen LogP) is 4.52. The van der Waals surface area contributed by atoms with Gasteiger partial charge in [-0.2, -0.15) is 9.78 Å². The first-order valence-corrected chi connectivity index (χ1v) is 9.51. The van der Waals surface area contributed by atoms with Gasteiger partial charge in [0.05, 0.1) is 29.2 Å². The summed E-state index contributed by atoms with van der Waals surface area (Å²) in [7, 11) is 1.31. The van der Waals surface area contributed by atoms with Crippen LogP contribution >= 0.6 is 11.6 Å². The molecule has 0 saturated carbocycles. The van der Waals surface area contributed by atoms with E-state index in [-0.39, 0.29) is 27.6 Å². The molecule has 0 saturated heterocycles. The Morgan fingerprint density at radius 1 is 1.13 bits per heavy atom. The maximum Gasteiger partial charge on any atom is 0.313 e. The number of para-hydroxylation sites is 1. The highest BCUT2D eigenvalue weighted by molar-refractivity contribution is 6.31. The van der Waals surface area contributed by atoms with E-state index in [1.54, 1.807) is 24.3 Å². The van der Waals surface area contributed by atoms with Gasteiger partial charge in [0, 0.05) is 22.2 Å². The zero-order valence-electron chi connectivity index (χ0n) is 16.2. The minimum absolute atomic E-state index is 0.0128. The number of aromatic nitrogens is 2. The van der Waals surface area contributed by atoms with E-state index in [1.165, 1.54) is 25.5 Å². The third kappa shape index (κ3) is 3.88. The monoisotopic (exact) mass is 434 g/mol. The van der Waals surface area contributed by atoms with Gasteiger partial charge in [0.1, 0.15) is 0 Å². The van der Waals surface area contributed by atoms with E-state index >= 15 is 0 Å². The number of ether oxygens (including phenoxy) is 1. The first kappa shape index (κ1) is 20.2. The number of nitrogens with zero attached hydrogens (tertiary/aromatic N) is 4. The maximum absolute atomic E-state index is 13.2. The van der Waals surface area contributed by atoms with E-state index in [9.17, 15) is 14.9 Å². The summed E-state index contributed by atoms with van der Waals surface area (Å²) in [6.07, 6.45) is 1.29. The summed E-state index contributed by atoms with van der Waals surface area (Å²) in [5.41, 5.74) is 0.793. The third-order valence-electron chi connectivity index (χ3n) is 4.56. The van der Waals surface area contributed by atoms with Crippen molar-refractivity contribution in [2.45, 2.75) is 0 Å². The lowest BCUT2D eigenvalue weighted by atomic mass is 10.2. The van der Waals surface area contributed by atoms with Crippen molar-refractivity contribution >= 4 is 34.4 Å². The molecular weight excluding hydrogens is 420 g/mol. The SMILES string of the molecule is COc1c(C=Nn2c(-c3ccccc3)nc3ccccc3c2=O)cc(Cl)cc1[N+](=O)[O-]. The van der Waals surface area contributed by atoms with Crippen LogP contribution in [-0.2, 0) is 0 Å². The second-order valence-electron chi connectivity index (χ2n) is 6.48. The molecule has 4 aromatic rings. The summed E-state index contributed by atoms with van der Waals surface area (Å²) in [6, 6.07) is 18.7. The zero-order valence-corrected chi connectivity index (χ0v) is 17.0. The quantitative estimate of drug-likeness (QED) is 0.261. The van der Waals surface area contributed by atoms with Crippen LogP contribution in [0.25, 0.3) is 22.3 Å². The lowest BCUT2D eigenvalue weighted by Crippen LogP contribution is -2.20. The van der Waals surface area contributed by atoms with Crippen LogP contribution < -0.4 is 10.3 Å². The minimum Gasteiger partial charge on any atom is -0.490 e. The van der Waals surface area contributed by atoms with Gasteiger partial charge in [0.15, 0.2) is 5.82 Å². The molecular formula is C22H15ClN4O4. The molecule has 31 heavy (non-hydrogen) atoms. The van der Waals surface area contributed by atoms with Gasteiger partial charge in [-0.25, -0.2) is 4.98 Å². The average Bonchev–Trinajstić information content (AvgIpc) is 2.78. The van der Waals surface area contributed by atoms with Crippen LogP contribution in [0.4, 0.5) is 5.69 Å². The van der Waals surface area contributed by atoms with E-state index in [0.29, 0.717) is 22.3 Å². The molecule has 0 fully saturated rings. The van der Waals surface area contributed by atoms with Crippen molar-refractivity contribution < 1.29 is 9.66 Å². The molecule has 0 amide bonds. The van der Waals surface area contributed by atoms with E-state index in [2.05, 4.69) is 10.1 Å². The lowest BCUT2D eigenvalue weighted by molar-refractivity contribution is -0.385. The highest BCUT2D eigenvalue weighted by Crippen LogP contribution is 2.33. The summed E-state index contributed by atoms with van der Waals surface area (Å²) in [6.45, 7) is 0. The standard InChI is InChI=1S/C22H15ClN4O4/c1-31-20-15(11-16(23)12-19(20)27(29)30)13-24-26-21(14-7-3-2-4-8-14)25-18-10-6-5-9-17(18)22(26)28/h2-13H,1H3. The average molecular weight is 435 g/mol. The first-order valence-electron chi connectivity index (χ1n) is 9.13. The highest BCUT2D eigenvalue weighted by Gasteiger charge is 2.20. The lowest BCUT2D eigenvalue weighted by Gasteiger charge is -2.10. The Morgan fingerprint density at radius 3 is 2.55 bits per heavy atom. The third-order valence-corrected chi connectivity index (χ3v) is 4.78. The molecule has 1 heterocycles. The predicted molar refractivity (Wildman–Crippen MR) is 119 cm³/mol. The maximum atomic E-state index is 13.2. The van der Waals surface area contributed by atoms with Crippen molar-refractivity contribution in [3.63, 3.8) is 0 Å². The molecule has 0 spiro atoms. The largest absolute Gasteiger partial charge is 0.490 e. The number of nitro groups is 1. The fourth-order valence-corrected chi connectivity index (χ4v) is 3.40. The number of fused-ring (bicyclic) bond motifs is 1. The summed E-state index contributed by atoms with van der Waals surface area (Å²) < 4.78 is 6.36. The number of hydrogen-bond acceptors (Lipinski definition) is 6. The number of rotatable bonds is 5. The van der Waals surface area contributed by atoms with E-state index < -0.39 is 4.92 Å². The molecule has 0 aliphatic carbocycles. The Morgan fingerprint density at radius 2 is 1.84 bits per heavy atom. The molecule has 8 nitrogen and oxygen atoms in total.